The van der Waals surface area contributed by atoms with Gasteiger partial charge in [-0.3, -0.25) is 0 Å². The molecule has 25 heavy (non-hydrogen) atoms. The van der Waals surface area contributed by atoms with E-state index in [1.54, 1.807) is 18.3 Å². The van der Waals surface area contributed by atoms with Crippen molar-refractivity contribution < 1.29 is 5.11 Å². The van der Waals surface area contributed by atoms with Gasteiger partial charge in [0.05, 0.1) is 11.0 Å². The molecule has 130 valence electrons. The summed E-state index contributed by atoms with van der Waals surface area (Å²) in [5, 5.41) is 9.91. The van der Waals surface area contributed by atoms with Crippen molar-refractivity contribution in [3.8, 4) is 5.75 Å². The molecular formula is C20H24N4O. The Kier molecular flexibility index (Phi) is 5.46. The van der Waals surface area contributed by atoms with Crippen LogP contribution in [0.2, 0.25) is 0 Å². The van der Waals surface area contributed by atoms with Crippen molar-refractivity contribution in [2.45, 2.75) is 20.4 Å². The minimum Gasteiger partial charge on any atom is -0.507 e. The molecule has 5 heteroatoms. The highest BCUT2D eigenvalue weighted by Crippen LogP contribution is 2.22. The number of benzene rings is 2. The van der Waals surface area contributed by atoms with Crippen molar-refractivity contribution in [1.29, 1.82) is 0 Å². The van der Waals surface area contributed by atoms with Crippen LogP contribution in [0.15, 0.2) is 53.5 Å². The summed E-state index contributed by atoms with van der Waals surface area (Å²) >= 11 is 0. The Hall–Kier alpha value is -2.66. The molecule has 0 radical (unpaired) electrons. The molecule has 0 spiro atoms. The van der Waals surface area contributed by atoms with Crippen LogP contribution in [0.4, 0.5) is 5.95 Å². The van der Waals surface area contributed by atoms with E-state index in [2.05, 4.69) is 39.4 Å². The first-order chi connectivity index (χ1) is 12.2. The summed E-state index contributed by atoms with van der Waals surface area (Å²) < 4.78 is 2.14. The van der Waals surface area contributed by atoms with E-state index < -0.39 is 0 Å². The summed E-state index contributed by atoms with van der Waals surface area (Å²) in [6.07, 6.45) is 1.67. The van der Waals surface area contributed by atoms with Gasteiger partial charge in [0, 0.05) is 24.9 Å². The normalized spacial score (nSPS) is 11.8. The summed E-state index contributed by atoms with van der Waals surface area (Å²) in [6.45, 7) is 8.18. The number of aromatic hydroxyl groups is 1. The predicted molar refractivity (Wildman–Crippen MR) is 103 cm³/mol. The molecule has 0 aliphatic rings. The maximum atomic E-state index is 9.91. The van der Waals surface area contributed by atoms with E-state index in [-0.39, 0.29) is 5.75 Å². The summed E-state index contributed by atoms with van der Waals surface area (Å²) in [6, 6.07) is 15.3. The van der Waals surface area contributed by atoms with Crippen LogP contribution in [-0.2, 0) is 6.54 Å². The summed E-state index contributed by atoms with van der Waals surface area (Å²) in [7, 11) is 0. The van der Waals surface area contributed by atoms with Gasteiger partial charge in [-0.05, 0) is 37.4 Å². The third-order valence-corrected chi connectivity index (χ3v) is 4.42. The molecule has 0 fully saturated rings. The van der Waals surface area contributed by atoms with E-state index in [4.69, 9.17) is 0 Å². The second-order valence-corrected chi connectivity index (χ2v) is 5.90. The van der Waals surface area contributed by atoms with E-state index in [0.29, 0.717) is 11.5 Å². The first-order valence-electron chi connectivity index (χ1n) is 8.72. The number of fused-ring (bicyclic) bond motifs is 1. The number of hydrogen-bond acceptors (Lipinski definition) is 4. The van der Waals surface area contributed by atoms with E-state index in [1.807, 2.05) is 30.3 Å². The number of phenols is 1. The van der Waals surface area contributed by atoms with E-state index >= 15 is 0 Å². The van der Waals surface area contributed by atoms with Gasteiger partial charge < -0.3 is 14.6 Å². The van der Waals surface area contributed by atoms with Crippen LogP contribution in [0.5, 0.6) is 5.75 Å². The molecule has 1 N–H and O–H groups in total. The molecule has 2 aromatic carbocycles. The molecule has 0 saturated heterocycles. The Bertz CT molecular complexity index is 865. The lowest BCUT2D eigenvalue weighted by molar-refractivity contribution is 0.292. The number of rotatable bonds is 7. The largest absolute Gasteiger partial charge is 0.507 e. The topological polar surface area (TPSA) is 53.7 Å². The van der Waals surface area contributed by atoms with Gasteiger partial charge in [-0.1, -0.05) is 38.1 Å². The zero-order valence-electron chi connectivity index (χ0n) is 14.8. The molecule has 0 atom stereocenters. The summed E-state index contributed by atoms with van der Waals surface area (Å²) in [4.78, 5) is 11.6. The van der Waals surface area contributed by atoms with Crippen molar-refractivity contribution in [2.24, 2.45) is 4.99 Å². The monoisotopic (exact) mass is 336 g/mol. The average Bonchev–Trinajstić information content (AvgIpc) is 2.99. The Morgan fingerprint density at radius 3 is 2.56 bits per heavy atom. The second-order valence-electron chi connectivity index (χ2n) is 5.90. The predicted octanol–water partition coefficient (Wildman–Crippen LogP) is 3.83. The Balaban J connectivity index is 1.93. The molecule has 0 amide bonds. The lowest BCUT2D eigenvalue weighted by Gasteiger charge is -2.18. The third kappa shape index (κ3) is 3.88. The van der Waals surface area contributed by atoms with Crippen molar-refractivity contribution in [3.05, 3.63) is 54.1 Å². The number of aliphatic imine (C=N–C) groups is 1. The first-order valence-corrected chi connectivity index (χ1v) is 8.72. The minimum absolute atomic E-state index is 0.219. The van der Waals surface area contributed by atoms with Crippen LogP contribution < -0.4 is 0 Å². The lowest BCUT2D eigenvalue weighted by Crippen LogP contribution is -2.26. The number of phenolic OH excluding ortho intramolecular Hbond substituents is 1. The number of imidazole rings is 1. The molecule has 1 heterocycles. The van der Waals surface area contributed by atoms with E-state index in [9.17, 15) is 5.11 Å². The van der Waals surface area contributed by atoms with Gasteiger partial charge in [0.2, 0.25) is 5.95 Å². The summed E-state index contributed by atoms with van der Waals surface area (Å²) in [5.74, 6) is 0.883. The van der Waals surface area contributed by atoms with Crippen molar-refractivity contribution in [1.82, 2.24) is 14.5 Å². The van der Waals surface area contributed by atoms with Gasteiger partial charge in [-0.2, -0.15) is 0 Å². The van der Waals surface area contributed by atoms with E-state index in [1.165, 1.54) is 0 Å². The Labute approximate surface area is 148 Å². The number of para-hydroxylation sites is 3. The molecule has 3 rings (SSSR count). The minimum atomic E-state index is 0.219. The number of nitrogens with zero attached hydrogens (tertiary/aromatic N) is 4. The maximum Gasteiger partial charge on any atom is 0.230 e. The standard InChI is InChI=1S/C20H24N4O/c1-3-23(4-2)13-14-24-18-11-7-6-10-17(18)22-20(24)21-15-16-9-5-8-12-19(16)25/h5-12,15,25H,3-4,13-14H2,1-2H3. The van der Waals surface area contributed by atoms with Gasteiger partial charge in [-0.25, -0.2) is 9.98 Å². The number of likely N-dealkylation sites (N-methyl/N-ethyl adjacent to an activating group) is 1. The highest BCUT2D eigenvalue weighted by atomic mass is 16.3. The second kappa shape index (κ2) is 7.94. The van der Waals surface area contributed by atoms with Gasteiger partial charge in [0.25, 0.3) is 0 Å². The quantitative estimate of drug-likeness (QED) is 0.667. The van der Waals surface area contributed by atoms with Gasteiger partial charge in [0.1, 0.15) is 5.75 Å². The zero-order chi connectivity index (χ0) is 17.6. The molecule has 0 unspecified atom stereocenters. The van der Waals surface area contributed by atoms with Gasteiger partial charge in [-0.15, -0.1) is 0 Å². The Morgan fingerprint density at radius 1 is 1.08 bits per heavy atom. The Morgan fingerprint density at radius 2 is 1.80 bits per heavy atom. The number of hydrogen-bond donors (Lipinski definition) is 1. The van der Waals surface area contributed by atoms with Crippen molar-refractivity contribution in [3.63, 3.8) is 0 Å². The van der Waals surface area contributed by atoms with Crippen LogP contribution in [0.1, 0.15) is 19.4 Å². The van der Waals surface area contributed by atoms with Crippen LogP contribution >= 0.6 is 0 Å². The van der Waals surface area contributed by atoms with Crippen LogP contribution in [-0.4, -0.2) is 45.4 Å². The SMILES string of the molecule is CCN(CC)CCn1c(N=Cc2ccccc2O)nc2ccccc21. The van der Waals surface area contributed by atoms with Crippen LogP contribution in [0.25, 0.3) is 11.0 Å². The lowest BCUT2D eigenvalue weighted by atomic mass is 10.2. The molecule has 0 aliphatic heterocycles. The molecular weight excluding hydrogens is 312 g/mol. The maximum absolute atomic E-state index is 9.91. The van der Waals surface area contributed by atoms with Gasteiger partial charge >= 0.3 is 0 Å². The zero-order valence-corrected chi connectivity index (χ0v) is 14.8. The van der Waals surface area contributed by atoms with Crippen molar-refractivity contribution >= 4 is 23.2 Å². The molecule has 3 aromatic rings. The highest BCUT2D eigenvalue weighted by Gasteiger charge is 2.10. The molecule has 0 aliphatic carbocycles. The smallest absolute Gasteiger partial charge is 0.230 e. The average molecular weight is 336 g/mol. The fourth-order valence-corrected chi connectivity index (χ4v) is 2.89. The van der Waals surface area contributed by atoms with E-state index in [0.717, 1.165) is 37.2 Å². The van der Waals surface area contributed by atoms with Crippen LogP contribution in [0.3, 0.4) is 0 Å². The molecule has 5 nitrogen and oxygen atoms in total. The van der Waals surface area contributed by atoms with Crippen LogP contribution in [0, 0.1) is 0 Å². The fourth-order valence-electron chi connectivity index (χ4n) is 2.89. The first kappa shape index (κ1) is 17.2. The van der Waals surface area contributed by atoms with Crippen molar-refractivity contribution in [2.75, 3.05) is 19.6 Å². The summed E-state index contributed by atoms with van der Waals surface area (Å²) in [5.41, 5.74) is 2.70. The fraction of sp³-hybridized carbons (Fsp3) is 0.300. The molecule has 0 bridgehead atoms. The third-order valence-electron chi connectivity index (χ3n) is 4.42. The number of aromatic nitrogens is 2. The molecule has 0 saturated carbocycles. The molecule has 1 aromatic heterocycles. The highest BCUT2D eigenvalue weighted by molar-refractivity contribution is 5.86. The van der Waals surface area contributed by atoms with Gasteiger partial charge in [0.15, 0.2) is 0 Å².